The fourth-order valence-corrected chi connectivity index (χ4v) is 3.27. The third-order valence-electron chi connectivity index (χ3n) is 4.42. The maximum Gasteiger partial charge on any atom is 0.247 e. The second-order valence-corrected chi connectivity index (χ2v) is 5.77. The summed E-state index contributed by atoms with van der Waals surface area (Å²) in [7, 11) is 1.72. The predicted molar refractivity (Wildman–Crippen MR) is 76.1 cm³/mol. The van der Waals surface area contributed by atoms with Gasteiger partial charge in [-0.1, -0.05) is 37.1 Å². The van der Waals surface area contributed by atoms with E-state index in [0.717, 1.165) is 24.0 Å². The Morgan fingerprint density at radius 2 is 1.95 bits per heavy atom. The minimum Gasteiger partial charge on any atom is -0.351 e. The van der Waals surface area contributed by atoms with Crippen molar-refractivity contribution in [3.63, 3.8) is 0 Å². The lowest BCUT2D eigenvalue weighted by atomic mass is 9.92. The lowest BCUT2D eigenvalue weighted by molar-refractivity contribution is -0.140. The number of carbonyl (C=O) groups excluding carboxylic acids is 2. The van der Waals surface area contributed by atoms with Gasteiger partial charge in [0.1, 0.15) is 6.04 Å². The maximum atomic E-state index is 12.6. The highest BCUT2D eigenvalue weighted by Crippen LogP contribution is 2.30. The molecule has 0 bridgehead atoms. The minimum atomic E-state index is -0.479. The minimum absolute atomic E-state index is 0.00951. The molecule has 4 nitrogen and oxygen atoms in total. The molecule has 1 saturated carbocycles. The molecule has 0 saturated heterocycles. The number of amides is 2. The molecule has 20 heavy (non-hydrogen) atoms. The van der Waals surface area contributed by atoms with Crippen LogP contribution < -0.4 is 5.32 Å². The van der Waals surface area contributed by atoms with Crippen LogP contribution in [0, 0.1) is 0 Å². The first kappa shape index (κ1) is 13.2. The van der Waals surface area contributed by atoms with Gasteiger partial charge in [-0.15, -0.1) is 0 Å². The zero-order valence-corrected chi connectivity index (χ0v) is 11.8. The predicted octanol–water partition coefficient (Wildman–Crippen LogP) is 1.80. The van der Waals surface area contributed by atoms with E-state index in [1.807, 2.05) is 24.3 Å². The average molecular weight is 272 g/mol. The van der Waals surface area contributed by atoms with Gasteiger partial charge in [-0.25, -0.2) is 0 Å². The Bertz CT molecular complexity index is 535. The highest BCUT2D eigenvalue weighted by Gasteiger charge is 2.35. The largest absolute Gasteiger partial charge is 0.351 e. The van der Waals surface area contributed by atoms with Crippen molar-refractivity contribution in [1.29, 1.82) is 0 Å². The quantitative estimate of drug-likeness (QED) is 0.892. The molecule has 0 spiro atoms. The summed E-state index contributed by atoms with van der Waals surface area (Å²) < 4.78 is 0. The van der Waals surface area contributed by atoms with Gasteiger partial charge in [0.2, 0.25) is 11.8 Å². The number of likely N-dealkylation sites (N-methyl/N-ethyl adjacent to an activating group) is 1. The Morgan fingerprint density at radius 3 is 2.70 bits per heavy atom. The topological polar surface area (TPSA) is 49.4 Å². The van der Waals surface area contributed by atoms with Gasteiger partial charge in [0, 0.05) is 13.1 Å². The van der Waals surface area contributed by atoms with Crippen LogP contribution in [0.15, 0.2) is 24.3 Å². The van der Waals surface area contributed by atoms with Gasteiger partial charge in [0.25, 0.3) is 0 Å². The van der Waals surface area contributed by atoms with Gasteiger partial charge in [-0.2, -0.15) is 0 Å². The standard InChI is InChI=1S/C16H20N2O2/c1-18-14(19)10-11-6-2-5-9-13(11)15(18)16(20)17-12-7-3-4-8-12/h2,5-6,9,12,15H,3-4,7-8,10H2,1H3,(H,17,20). The number of rotatable bonds is 2. The van der Waals surface area contributed by atoms with Crippen LogP contribution in [-0.4, -0.2) is 29.8 Å². The molecule has 106 valence electrons. The van der Waals surface area contributed by atoms with Gasteiger partial charge < -0.3 is 10.2 Å². The summed E-state index contributed by atoms with van der Waals surface area (Å²) in [5.74, 6) is -0.0322. The third-order valence-corrected chi connectivity index (χ3v) is 4.42. The molecule has 2 aliphatic rings. The molecular formula is C16H20N2O2. The molecule has 1 aromatic rings. The highest BCUT2D eigenvalue weighted by molar-refractivity contribution is 5.92. The van der Waals surface area contributed by atoms with Gasteiger partial charge in [-0.05, 0) is 24.0 Å². The van der Waals surface area contributed by atoms with E-state index in [1.54, 1.807) is 11.9 Å². The van der Waals surface area contributed by atoms with Gasteiger partial charge in [-0.3, -0.25) is 9.59 Å². The van der Waals surface area contributed by atoms with Crippen LogP contribution in [0.3, 0.4) is 0 Å². The van der Waals surface area contributed by atoms with Gasteiger partial charge >= 0.3 is 0 Å². The van der Waals surface area contributed by atoms with Crippen LogP contribution in [0.4, 0.5) is 0 Å². The Labute approximate surface area is 119 Å². The number of nitrogens with zero attached hydrogens (tertiary/aromatic N) is 1. The Hall–Kier alpha value is -1.84. The molecular weight excluding hydrogens is 252 g/mol. The Kier molecular flexibility index (Phi) is 3.47. The van der Waals surface area contributed by atoms with Crippen molar-refractivity contribution >= 4 is 11.8 Å². The van der Waals surface area contributed by atoms with Crippen molar-refractivity contribution in [2.24, 2.45) is 0 Å². The Balaban J connectivity index is 1.86. The van der Waals surface area contributed by atoms with Gasteiger partial charge in [0.05, 0.1) is 6.42 Å². The van der Waals surface area contributed by atoms with Crippen molar-refractivity contribution in [3.8, 4) is 0 Å². The van der Waals surface area contributed by atoms with Crippen LogP contribution in [-0.2, 0) is 16.0 Å². The maximum absolute atomic E-state index is 12.6. The zero-order chi connectivity index (χ0) is 14.1. The normalized spacial score (nSPS) is 22.8. The fourth-order valence-electron chi connectivity index (χ4n) is 3.27. The number of benzene rings is 1. The first-order chi connectivity index (χ1) is 9.66. The fraction of sp³-hybridized carbons (Fsp3) is 0.500. The Morgan fingerprint density at radius 1 is 1.25 bits per heavy atom. The van der Waals surface area contributed by atoms with Crippen molar-refractivity contribution in [2.75, 3.05) is 7.05 Å². The number of hydrogen-bond donors (Lipinski definition) is 1. The van der Waals surface area contributed by atoms with Crippen molar-refractivity contribution < 1.29 is 9.59 Å². The summed E-state index contributed by atoms with van der Waals surface area (Å²) in [6.07, 6.45) is 4.86. The van der Waals surface area contributed by atoms with E-state index in [2.05, 4.69) is 5.32 Å². The molecule has 1 aliphatic carbocycles. The molecule has 1 heterocycles. The molecule has 1 aromatic carbocycles. The van der Waals surface area contributed by atoms with E-state index in [0.29, 0.717) is 6.42 Å². The first-order valence-corrected chi connectivity index (χ1v) is 7.30. The van der Waals surface area contributed by atoms with E-state index >= 15 is 0 Å². The van der Waals surface area contributed by atoms with E-state index in [4.69, 9.17) is 0 Å². The summed E-state index contributed by atoms with van der Waals surface area (Å²) in [6, 6.07) is 7.54. The molecule has 1 N–H and O–H groups in total. The highest BCUT2D eigenvalue weighted by atomic mass is 16.2. The monoisotopic (exact) mass is 272 g/mol. The van der Waals surface area contributed by atoms with Crippen LogP contribution in [0.25, 0.3) is 0 Å². The van der Waals surface area contributed by atoms with Gasteiger partial charge in [0.15, 0.2) is 0 Å². The van der Waals surface area contributed by atoms with E-state index in [-0.39, 0.29) is 17.9 Å². The summed E-state index contributed by atoms with van der Waals surface area (Å²) in [5, 5.41) is 3.11. The second kappa shape index (κ2) is 5.27. The number of hydrogen-bond acceptors (Lipinski definition) is 2. The molecule has 4 heteroatoms. The van der Waals surface area contributed by atoms with E-state index in [9.17, 15) is 9.59 Å². The van der Waals surface area contributed by atoms with Crippen LogP contribution in [0.2, 0.25) is 0 Å². The third kappa shape index (κ3) is 2.30. The summed E-state index contributed by atoms with van der Waals surface area (Å²) in [6.45, 7) is 0. The average Bonchev–Trinajstić information content (AvgIpc) is 2.93. The molecule has 1 unspecified atom stereocenters. The molecule has 1 aliphatic heterocycles. The van der Waals surface area contributed by atoms with Crippen LogP contribution in [0.5, 0.6) is 0 Å². The molecule has 2 amide bonds. The smallest absolute Gasteiger partial charge is 0.247 e. The van der Waals surface area contributed by atoms with Crippen LogP contribution >= 0.6 is 0 Å². The SMILES string of the molecule is CN1C(=O)Cc2ccccc2C1C(=O)NC1CCCC1. The molecule has 1 fully saturated rings. The molecule has 3 rings (SSSR count). The second-order valence-electron chi connectivity index (χ2n) is 5.77. The summed E-state index contributed by atoms with van der Waals surface area (Å²) in [4.78, 5) is 26.2. The lowest BCUT2D eigenvalue weighted by Crippen LogP contribution is -2.47. The summed E-state index contributed by atoms with van der Waals surface area (Å²) >= 11 is 0. The van der Waals surface area contributed by atoms with Crippen molar-refractivity contribution in [1.82, 2.24) is 10.2 Å². The number of fused-ring (bicyclic) bond motifs is 1. The first-order valence-electron chi connectivity index (χ1n) is 7.30. The molecule has 1 atom stereocenters. The lowest BCUT2D eigenvalue weighted by Gasteiger charge is -2.34. The van der Waals surface area contributed by atoms with E-state index in [1.165, 1.54) is 12.8 Å². The summed E-state index contributed by atoms with van der Waals surface area (Å²) in [5.41, 5.74) is 1.94. The molecule has 0 aromatic heterocycles. The zero-order valence-electron chi connectivity index (χ0n) is 11.8. The van der Waals surface area contributed by atoms with Crippen molar-refractivity contribution in [2.45, 2.75) is 44.2 Å². The number of carbonyl (C=O) groups is 2. The van der Waals surface area contributed by atoms with Crippen LogP contribution in [0.1, 0.15) is 42.9 Å². The number of nitrogens with one attached hydrogen (secondary N) is 1. The molecule has 0 radical (unpaired) electrons. The van der Waals surface area contributed by atoms with Crippen molar-refractivity contribution in [3.05, 3.63) is 35.4 Å². The van der Waals surface area contributed by atoms with E-state index < -0.39 is 6.04 Å².